The molecule has 3 N–H and O–H groups in total. The predicted molar refractivity (Wildman–Crippen MR) is 61.2 cm³/mol. The van der Waals surface area contributed by atoms with E-state index in [1.54, 1.807) is 6.33 Å². The summed E-state index contributed by atoms with van der Waals surface area (Å²) in [6, 6.07) is 0. The lowest BCUT2D eigenvalue weighted by molar-refractivity contribution is 0.750. The second kappa shape index (κ2) is 6.37. The number of hydrogen-bond acceptors (Lipinski definition) is 2. The maximum absolute atomic E-state index is 5.02. The van der Waals surface area contributed by atoms with Crippen LogP contribution in [0.3, 0.4) is 0 Å². The molecule has 0 radical (unpaired) electrons. The van der Waals surface area contributed by atoms with E-state index in [0.29, 0.717) is 0 Å². The summed E-state index contributed by atoms with van der Waals surface area (Å²) in [4.78, 5) is 7.01. The van der Waals surface area contributed by atoms with Crippen molar-refractivity contribution < 1.29 is 0 Å². The van der Waals surface area contributed by atoms with Gasteiger partial charge in [0.25, 0.3) is 0 Å². The molecular formula is C9H16N4S. The van der Waals surface area contributed by atoms with Gasteiger partial charge in [-0.05, 0) is 32.0 Å². The third kappa shape index (κ3) is 4.23. The Hall–Kier alpha value is -1.10. The molecule has 1 aromatic rings. The van der Waals surface area contributed by atoms with Gasteiger partial charge in [0.15, 0.2) is 5.11 Å². The van der Waals surface area contributed by atoms with Gasteiger partial charge >= 0.3 is 0 Å². The number of thiocarbonyl (C=S) groups is 1. The van der Waals surface area contributed by atoms with Crippen molar-refractivity contribution in [3.8, 4) is 0 Å². The van der Waals surface area contributed by atoms with E-state index >= 15 is 0 Å². The largest absolute Gasteiger partial charge is 0.363 e. The van der Waals surface area contributed by atoms with Gasteiger partial charge < -0.3 is 15.6 Å². The minimum absolute atomic E-state index is 0.733. The minimum Gasteiger partial charge on any atom is -0.363 e. The fourth-order valence-corrected chi connectivity index (χ4v) is 1.37. The molecule has 0 fully saturated rings. The van der Waals surface area contributed by atoms with E-state index in [-0.39, 0.29) is 0 Å². The molecule has 0 saturated heterocycles. The summed E-state index contributed by atoms with van der Waals surface area (Å²) in [5, 5.41) is 6.90. The Kier molecular flexibility index (Phi) is 4.99. The first-order valence-electron chi connectivity index (χ1n) is 4.82. The van der Waals surface area contributed by atoms with Crippen LogP contribution in [0.1, 0.15) is 19.0 Å². The Labute approximate surface area is 89.5 Å². The Morgan fingerprint density at radius 3 is 3.07 bits per heavy atom. The van der Waals surface area contributed by atoms with Gasteiger partial charge in [-0.1, -0.05) is 0 Å². The highest BCUT2D eigenvalue weighted by Gasteiger charge is 1.95. The molecule has 1 rings (SSSR count). The Balaban J connectivity index is 2.02. The molecule has 0 aromatic carbocycles. The van der Waals surface area contributed by atoms with E-state index in [4.69, 9.17) is 12.2 Å². The van der Waals surface area contributed by atoms with Crippen LogP contribution in [0.5, 0.6) is 0 Å². The number of imidazole rings is 1. The van der Waals surface area contributed by atoms with Crippen molar-refractivity contribution in [2.45, 2.75) is 19.8 Å². The molecule has 1 aromatic heterocycles. The number of H-pyrrole nitrogens is 1. The molecule has 0 aliphatic heterocycles. The third-order valence-electron chi connectivity index (χ3n) is 1.80. The van der Waals surface area contributed by atoms with Crippen LogP contribution < -0.4 is 10.6 Å². The van der Waals surface area contributed by atoms with Crippen LogP contribution in [-0.2, 0) is 6.42 Å². The molecule has 0 saturated carbocycles. The molecular weight excluding hydrogens is 196 g/mol. The standard InChI is InChI=1S/C9H16N4S/c1-2-11-9(14)12-5-3-4-8-6-10-7-13-8/h6-7H,2-5H2,1H3,(H,10,13)(H2,11,12,14). The number of rotatable bonds is 5. The van der Waals surface area contributed by atoms with Crippen LogP contribution in [0.15, 0.2) is 12.5 Å². The molecule has 0 bridgehead atoms. The SMILES string of the molecule is CCNC(=S)NCCCc1cnc[nH]1. The summed E-state index contributed by atoms with van der Waals surface area (Å²) in [5.74, 6) is 0. The topological polar surface area (TPSA) is 52.7 Å². The highest BCUT2D eigenvalue weighted by molar-refractivity contribution is 7.80. The number of hydrogen-bond donors (Lipinski definition) is 3. The highest BCUT2D eigenvalue weighted by Crippen LogP contribution is 1.95. The molecule has 14 heavy (non-hydrogen) atoms. The van der Waals surface area contributed by atoms with Crippen molar-refractivity contribution in [1.82, 2.24) is 20.6 Å². The lowest BCUT2D eigenvalue weighted by atomic mass is 10.2. The fourth-order valence-electron chi connectivity index (χ4n) is 1.13. The maximum Gasteiger partial charge on any atom is 0.166 e. The van der Waals surface area contributed by atoms with Gasteiger partial charge in [0.2, 0.25) is 0 Å². The average molecular weight is 212 g/mol. The van der Waals surface area contributed by atoms with Crippen LogP contribution in [0, 0.1) is 0 Å². The van der Waals surface area contributed by atoms with Gasteiger partial charge in [0, 0.05) is 25.0 Å². The average Bonchev–Trinajstić information content (AvgIpc) is 2.65. The summed E-state index contributed by atoms with van der Waals surface area (Å²) >= 11 is 5.02. The van der Waals surface area contributed by atoms with E-state index < -0.39 is 0 Å². The lowest BCUT2D eigenvalue weighted by Crippen LogP contribution is -2.35. The summed E-state index contributed by atoms with van der Waals surface area (Å²) in [5.41, 5.74) is 1.17. The number of aromatic amines is 1. The van der Waals surface area contributed by atoms with Crippen molar-refractivity contribution in [3.05, 3.63) is 18.2 Å². The Morgan fingerprint density at radius 1 is 1.57 bits per heavy atom. The summed E-state index contributed by atoms with van der Waals surface area (Å²) < 4.78 is 0. The summed E-state index contributed by atoms with van der Waals surface area (Å²) in [6.45, 7) is 3.79. The molecule has 0 amide bonds. The van der Waals surface area contributed by atoms with Crippen LogP contribution in [0.4, 0.5) is 0 Å². The lowest BCUT2D eigenvalue weighted by Gasteiger charge is -2.07. The molecule has 0 aliphatic carbocycles. The predicted octanol–water partition coefficient (Wildman–Crippen LogP) is 0.826. The first-order valence-corrected chi connectivity index (χ1v) is 5.22. The van der Waals surface area contributed by atoms with E-state index in [9.17, 15) is 0 Å². The van der Waals surface area contributed by atoms with Gasteiger partial charge in [0.05, 0.1) is 6.33 Å². The fraction of sp³-hybridized carbons (Fsp3) is 0.556. The third-order valence-corrected chi connectivity index (χ3v) is 2.09. The Bertz CT molecular complexity index is 258. The zero-order chi connectivity index (χ0) is 10.2. The normalized spacial score (nSPS) is 9.79. The summed E-state index contributed by atoms with van der Waals surface area (Å²) in [6.07, 6.45) is 5.60. The molecule has 1 heterocycles. The molecule has 0 unspecified atom stereocenters. The monoisotopic (exact) mass is 212 g/mol. The van der Waals surface area contributed by atoms with Crippen molar-refractivity contribution in [2.24, 2.45) is 0 Å². The van der Waals surface area contributed by atoms with Gasteiger partial charge in [-0.2, -0.15) is 0 Å². The Morgan fingerprint density at radius 2 is 2.43 bits per heavy atom. The highest BCUT2D eigenvalue weighted by atomic mass is 32.1. The van der Waals surface area contributed by atoms with E-state index in [0.717, 1.165) is 31.0 Å². The number of nitrogens with zero attached hydrogens (tertiary/aromatic N) is 1. The van der Waals surface area contributed by atoms with Crippen LogP contribution in [0.25, 0.3) is 0 Å². The van der Waals surface area contributed by atoms with Crippen molar-refractivity contribution in [2.75, 3.05) is 13.1 Å². The quantitative estimate of drug-likeness (QED) is 0.500. The van der Waals surface area contributed by atoms with Gasteiger partial charge in [0.1, 0.15) is 0 Å². The first-order chi connectivity index (χ1) is 6.83. The number of aryl methyl sites for hydroxylation is 1. The summed E-state index contributed by atoms with van der Waals surface area (Å²) in [7, 11) is 0. The van der Waals surface area contributed by atoms with Gasteiger partial charge in [-0.3, -0.25) is 0 Å². The van der Waals surface area contributed by atoms with Crippen LogP contribution in [0.2, 0.25) is 0 Å². The molecule has 5 heteroatoms. The van der Waals surface area contributed by atoms with Crippen molar-refractivity contribution in [3.63, 3.8) is 0 Å². The maximum atomic E-state index is 5.02. The van der Waals surface area contributed by atoms with Crippen LogP contribution in [-0.4, -0.2) is 28.2 Å². The molecule has 78 valence electrons. The van der Waals surface area contributed by atoms with Crippen LogP contribution >= 0.6 is 12.2 Å². The number of nitrogens with one attached hydrogen (secondary N) is 3. The van der Waals surface area contributed by atoms with Crippen molar-refractivity contribution in [1.29, 1.82) is 0 Å². The zero-order valence-electron chi connectivity index (χ0n) is 8.34. The minimum atomic E-state index is 0.733. The number of aromatic nitrogens is 2. The smallest absolute Gasteiger partial charge is 0.166 e. The second-order valence-corrected chi connectivity index (χ2v) is 3.37. The van der Waals surface area contributed by atoms with E-state index in [1.165, 1.54) is 5.69 Å². The molecule has 0 aliphatic rings. The molecule has 4 nitrogen and oxygen atoms in total. The van der Waals surface area contributed by atoms with E-state index in [2.05, 4.69) is 20.6 Å². The second-order valence-electron chi connectivity index (χ2n) is 2.97. The molecule has 0 atom stereocenters. The van der Waals surface area contributed by atoms with Crippen molar-refractivity contribution >= 4 is 17.3 Å². The van der Waals surface area contributed by atoms with E-state index in [1.807, 2.05) is 13.1 Å². The first kappa shape index (κ1) is 11.0. The molecule has 0 spiro atoms. The zero-order valence-corrected chi connectivity index (χ0v) is 9.16. The van der Waals surface area contributed by atoms with Gasteiger partial charge in [-0.25, -0.2) is 4.98 Å². The van der Waals surface area contributed by atoms with Gasteiger partial charge in [-0.15, -0.1) is 0 Å².